The SMILES string of the molecule is CCC(N)(CC)C(=O)N(Cc1cccs1)Cc1cccs1. The van der Waals surface area contributed by atoms with Crippen LogP contribution in [0.1, 0.15) is 36.4 Å². The molecule has 2 heterocycles. The van der Waals surface area contributed by atoms with Gasteiger partial charge in [0.1, 0.15) is 0 Å². The molecule has 0 aliphatic carbocycles. The van der Waals surface area contributed by atoms with Gasteiger partial charge in [-0.15, -0.1) is 22.7 Å². The number of hydrogen-bond acceptors (Lipinski definition) is 4. The fourth-order valence-corrected chi connectivity index (χ4v) is 3.69. The quantitative estimate of drug-likeness (QED) is 0.841. The predicted molar refractivity (Wildman–Crippen MR) is 90.4 cm³/mol. The highest BCUT2D eigenvalue weighted by molar-refractivity contribution is 7.10. The number of amides is 1. The standard InChI is InChI=1S/C16H22N2OS2/c1-3-16(17,4-2)15(19)18(11-13-7-5-9-20-13)12-14-8-6-10-21-14/h5-10H,3-4,11-12,17H2,1-2H3. The minimum Gasteiger partial charge on any atom is -0.331 e. The number of thiophene rings is 2. The summed E-state index contributed by atoms with van der Waals surface area (Å²) in [5, 5.41) is 4.08. The second-order valence-electron chi connectivity index (χ2n) is 5.18. The Morgan fingerprint density at radius 1 is 1.10 bits per heavy atom. The van der Waals surface area contributed by atoms with Crippen LogP contribution in [-0.2, 0) is 17.9 Å². The number of hydrogen-bond donors (Lipinski definition) is 1. The lowest BCUT2D eigenvalue weighted by atomic mass is 9.92. The van der Waals surface area contributed by atoms with Gasteiger partial charge in [0.25, 0.3) is 0 Å². The van der Waals surface area contributed by atoms with Gasteiger partial charge < -0.3 is 10.6 Å². The summed E-state index contributed by atoms with van der Waals surface area (Å²) in [6, 6.07) is 8.16. The molecule has 0 bridgehead atoms. The Balaban J connectivity index is 2.20. The van der Waals surface area contributed by atoms with Crippen molar-refractivity contribution < 1.29 is 4.79 Å². The van der Waals surface area contributed by atoms with E-state index in [1.165, 1.54) is 9.75 Å². The molecule has 0 radical (unpaired) electrons. The van der Waals surface area contributed by atoms with E-state index in [-0.39, 0.29) is 5.91 Å². The van der Waals surface area contributed by atoms with Crippen LogP contribution in [0.4, 0.5) is 0 Å². The lowest BCUT2D eigenvalue weighted by Gasteiger charge is -2.32. The van der Waals surface area contributed by atoms with E-state index in [4.69, 9.17) is 5.73 Å². The van der Waals surface area contributed by atoms with E-state index < -0.39 is 5.54 Å². The Morgan fingerprint density at radius 3 is 1.90 bits per heavy atom. The van der Waals surface area contributed by atoms with Gasteiger partial charge in [-0.3, -0.25) is 4.79 Å². The zero-order chi connectivity index (χ0) is 15.3. The highest BCUT2D eigenvalue weighted by atomic mass is 32.1. The zero-order valence-electron chi connectivity index (χ0n) is 12.5. The average Bonchev–Trinajstić information content (AvgIpc) is 3.18. The molecule has 0 aliphatic heterocycles. The van der Waals surface area contributed by atoms with Gasteiger partial charge in [-0.2, -0.15) is 0 Å². The summed E-state index contributed by atoms with van der Waals surface area (Å²) in [6.45, 7) is 5.23. The molecular weight excluding hydrogens is 300 g/mol. The van der Waals surface area contributed by atoms with Gasteiger partial charge in [0, 0.05) is 9.75 Å². The third-order valence-corrected chi connectivity index (χ3v) is 5.55. The molecule has 2 aromatic heterocycles. The first-order valence-electron chi connectivity index (χ1n) is 7.22. The van der Waals surface area contributed by atoms with Gasteiger partial charge >= 0.3 is 0 Å². The molecule has 3 nitrogen and oxygen atoms in total. The Kier molecular flexibility index (Phi) is 5.56. The van der Waals surface area contributed by atoms with Gasteiger partial charge in [-0.1, -0.05) is 26.0 Å². The summed E-state index contributed by atoms with van der Waals surface area (Å²) >= 11 is 3.35. The highest BCUT2D eigenvalue weighted by Crippen LogP contribution is 2.22. The second kappa shape index (κ2) is 7.20. The van der Waals surface area contributed by atoms with E-state index in [9.17, 15) is 4.79 Å². The molecule has 0 fully saturated rings. The second-order valence-corrected chi connectivity index (χ2v) is 7.25. The van der Waals surface area contributed by atoms with Gasteiger partial charge in [0.2, 0.25) is 5.91 Å². The fourth-order valence-electron chi connectivity index (χ4n) is 2.25. The molecule has 5 heteroatoms. The summed E-state index contributed by atoms with van der Waals surface area (Å²) in [7, 11) is 0. The van der Waals surface area contributed by atoms with Crippen LogP contribution in [0.2, 0.25) is 0 Å². The largest absolute Gasteiger partial charge is 0.331 e. The smallest absolute Gasteiger partial charge is 0.243 e. The van der Waals surface area contributed by atoms with Crippen LogP contribution in [-0.4, -0.2) is 16.3 Å². The molecule has 2 N–H and O–H groups in total. The van der Waals surface area contributed by atoms with Crippen molar-refractivity contribution in [3.05, 3.63) is 44.8 Å². The number of nitrogens with zero attached hydrogens (tertiary/aromatic N) is 1. The van der Waals surface area contributed by atoms with E-state index in [2.05, 4.69) is 12.1 Å². The summed E-state index contributed by atoms with van der Waals surface area (Å²) in [5.41, 5.74) is 5.56. The summed E-state index contributed by atoms with van der Waals surface area (Å²) in [5.74, 6) is 0.0503. The first-order valence-corrected chi connectivity index (χ1v) is 8.98. The Hall–Kier alpha value is -1.17. The lowest BCUT2D eigenvalue weighted by molar-refractivity contribution is -0.138. The van der Waals surface area contributed by atoms with E-state index in [0.29, 0.717) is 25.9 Å². The van der Waals surface area contributed by atoms with Crippen molar-refractivity contribution in [1.82, 2.24) is 4.90 Å². The molecule has 1 amide bonds. The average molecular weight is 322 g/mol. The summed E-state index contributed by atoms with van der Waals surface area (Å²) in [6.07, 6.45) is 1.32. The number of nitrogens with two attached hydrogens (primary N) is 1. The van der Waals surface area contributed by atoms with Gasteiger partial charge in [-0.25, -0.2) is 0 Å². The highest BCUT2D eigenvalue weighted by Gasteiger charge is 2.34. The molecule has 2 rings (SSSR count). The third-order valence-electron chi connectivity index (χ3n) is 3.83. The predicted octanol–water partition coefficient (Wildman–Crippen LogP) is 3.86. The molecular formula is C16H22N2OS2. The topological polar surface area (TPSA) is 46.3 Å². The van der Waals surface area contributed by atoms with E-state index in [1.54, 1.807) is 22.7 Å². The number of rotatable bonds is 7. The first kappa shape index (κ1) is 16.2. The maximum atomic E-state index is 12.9. The molecule has 0 atom stereocenters. The minimum atomic E-state index is -0.755. The van der Waals surface area contributed by atoms with E-state index >= 15 is 0 Å². The van der Waals surface area contributed by atoms with Crippen LogP contribution in [0.25, 0.3) is 0 Å². The molecule has 0 aromatic carbocycles. The number of carbonyl (C=O) groups is 1. The van der Waals surface area contributed by atoms with Crippen LogP contribution in [0.3, 0.4) is 0 Å². The maximum Gasteiger partial charge on any atom is 0.243 e. The molecule has 0 spiro atoms. The van der Waals surface area contributed by atoms with Crippen molar-refractivity contribution in [1.29, 1.82) is 0 Å². The van der Waals surface area contributed by atoms with Crippen molar-refractivity contribution in [3.8, 4) is 0 Å². The third kappa shape index (κ3) is 3.93. The molecule has 0 unspecified atom stereocenters. The summed E-state index contributed by atoms with van der Waals surface area (Å²) < 4.78 is 0. The van der Waals surface area contributed by atoms with Gasteiger partial charge in [0.05, 0.1) is 18.6 Å². The van der Waals surface area contributed by atoms with E-state index in [0.717, 1.165) is 0 Å². The van der Waals surface area contributed by atoms with Gasteiger partial charge in [0.15, 0.2) is 0 Å². The molecule has 0 saturated carbocycles. The van der Waals surface area contributed by atoms with Crippen molar-refractivity contribution in [2.24, 2.45) is 5.73 Å². The monoisotopic (exact) mass is 322 g/mol. The number of carbonyl (C=O) groups excluding carboxylic acids is 1. The fraction of sp³-hybridized carbons (Fsp3) is 0.438. The molecule has 0 aliphatic rings. The minimum absolute atomic E-state index is 0.0503. The van der Waals surface area contributed by atoms with Crippen LogP contribution < -0.4 is 5.73 Å². The molecule has 114 valence electrons. The van der Waals surface area contributed by atoms with Crippen LogP contribution in [0.5, 0.6) is 0 Å². The Morgan fingerprint density at radius 2 is 1.57 bits per heavy atom. The maximum absolute atomic E-state index is 12.9. The van der Waals surface area contributed by atoms with Gasteiger partial charge in [-0.05, 0) is 35.7 Å². The Labute approximate surface area is 134 Å². The van der Waals surface area contributed by atoms with Crippen molar-refractivity contribution >= 4 is 28.6 Å². The van der Waals surface area contributed by atoms with Crippen LogP contribution >= 0.6 is 22.7 Å². The van der Waals surface area contributed by atoms with Crippen LogP contribution in [0.15, 0.2) is 35.0 Å². The van der Waals surface area contributed by atoms with Crippen LogP contribution in [0, 0.1) is 0 Å². The molecule has 0 saturated heterocycles. The van der Waals surface area contributed by atoms with Crippen molar-refractivity contribution in [3.63, 3.8) is 0 Å². The van der Waals surface area contributed by atoms with Crippen molar-refractivity contribution in [2.75, 3.05) is 0 Å². The van der Waals surface area contributed by atoms with E-state index in [1.807, 2.05) is 41.6 Å². The summed E-state index contributed by atoms with van der Waals surface area (Å²) in [4.78, 5) is 17.2. The normalized spacial score (nSPS) is 11.6. The van der Waals surface area contributed by atoms with Crippen molar-refractivity contribution in [2.45, 2.75) is 45.3 Å². The zero-order valence-corrected chi connectivity index (χ0v) is 14.2. The molecule has 21 heavy (non-hydrogen) atoms. The lowest BCUT2D eigenvalue weighted by Crippen LogP contribution is -2.54. The Bertz CT molecular complexity index is 509. The molecule has 2 aromatic rings. The first-order chi connectivity index (χ1) is 10.1.